The third-order valence-corrected chi connectivity index (χ3v) is 3.92. The van der Waals surface area contributed by atoms with Gasteiger partial charge in [-0.05, 0) is 36.2 Å². The monoisotopic (exact) mass is 324 g/mol. The first-order valence-corrected chi connectivity index (χ1v) is 7.92. The second-order valence-corrected chi connectivity index (χ2v) is 5.55. The average Bonchev–Trinajstić information content (AvgIpc) is 3.30. The van der Waals surface area contributed by atoms with Gasteiger partial charge in [0.1, 0.15) is 17.5 Å². The first-order valence-electron chi connectivity index (χ1n) is 7.92. The second kappa shape index (κ2) is 7.66. The van der Waals surface area contributed by atoms with Crippen molar-refractivity contribution in [2.24, 2.45) is 0 Å². The number of rotatable bonds is 7. The number of aliphatic hydroxyl groups is 1. The minimum absolute atomic E-state index is 0.218. The molecule has 0 saturated carbocycles. The summed E-state index contributed by atoms with van der Waals surface area (Å²) in [5, 5.41) is 12.3. The quantitative estimate of drug-likeness (QED) is 0.702. The fourth-order valence-electron chi connectivity index (χ4n) is 2.64. The number of aliphatic hydroxyl groups excluding tert-OH is 1. The Bertz CT molecular complexity index is 763. The topological polar surface area (TPSA) is 67.4 Å². The van der Waals surface area contributed by atoms with Gasteiger partial charge in [0.25, 0.3) is 5.91 Å². The molecule has 1 unspecified atom stereocenters. The normalized spacial score (nSPS) is 12.0. The molecule has 0 spiro atoms. The van der Waals surface area contributed by atoms with E-state index in [1.54, 1.807) is 18.2 Å². The SMILES string of the molecule is O=C(NC(CO)c1ccco1)c1cccn1CCc1ccccc1. The van der Waals surface area contributed by atoms with Gasteiger partial charge in [-0.25, -0.2) is 0 Å². The lowest BCUT2D eigenvalue weighted by atomic mass is 10.1. The van der Waals surface area contributed by atoms with Crippen molar-refractivity contribution in [1.29, 1.82) is 0 Å². The molecule has 0 saturated heterocycles. The van der Waals surface area contributed by atoms with Gasteiger partial charge in [-0.2, -0.15) is 0 Å². The number of aromatic nitrogens is 1. The van der Waals surface area contributed by atoms with Crippen LogP contribution in [0, 0.1) is 0 Å². The summed E-state index contributed by atoms with van der Waals surface area (Å²) < 4.78 is 7.17. The lowest BCUT2D eigenvalue weighted by Gasteiger charge is -2.15. The molecule has 0 bridgehead atoms. The van der Waals surface area contributed by atoms with Crippen molar-refractivity contribution < 1.29 is 14.3 Å². The molecule has 5 nitrogen and oxygen atoms in total. The number of aryl methyl sites for hydroxylation is 2. The van der Waals surface area contributed by atoms with Crippen molar-refractivity contribution in [1.82, 2.24) is 9.88 Å². The van der Waals surface area contributed by atoms with Crippen LogP contribution in [0.25, 0.3) is 0 Å². The molecule has 0 radical (unpaired) electrons. The van der Waals surface area contributed by atoms with E-state index in [-0.39, 0.29) is 12.5 Å². The Morgan fingerprint density at radius 1 is 1.12 bits per heavy atom. The molecular weight excluding hydrogens is 304 g/mol. The van der Waals surface area contributed by atoms with E-state index in [4.69, 9.17) is 4.42 Å². The maximum absolute atomic E-state index is 12.5. The Hall–Kier alpha value is -2.79. The van der Waals surface area contributed by atoms with Crippen molar-refractivity contribution in [3.63, 3.8) is 0 Å². The van der Waals surface area contributed by atoms with Gasteiger partial charge in [0, 0.05) is 12.7 Å². The van der Waals surface area contributed by atoms with Crippen LogP contribution >= 0.6 is 0 Å². The van der Waals surface area contributed by atoms with Crippen LogP contribution in [0.4, 0.5) is 0 Å². The number of nitrogens with zero attached hydrogens (tertiary/aromatic N) is 1. The number of hydrogen-bond donors (Lipinski definition) is 2. The van der Waals surface area contributed by atoms with E-state index in [1.165, 1.54) is 11.8 Å². The largest absolute Gasteiger partial charge is 0.467 e. The van der Waals surface area contributed by atoms with Crippen molar-refractivity contribution in [2.45, 2.75) is 19.0 Å². The average molecular weight is 324 g/mol. The molecule has 0 aliphatic rings. The molecule has 1 aromatic carbocycles. The zero-order chi connectivity index (χ0) is 16.8. The predicted octanol–water partition coefficient (Wildman–Crippen LogP) is 2.79. The van der Waals surface area contributed by atoms with E-state index in [9.17, 15) is 9.90 Å². The molecule has 2 N–H and O–H groups in total. The van der Waals surface area contributed by atoms with E-state index in [1.807, 2.05) is 35.0 Å². The number of benzene rings is 1. The molecule has 1 amide bonds. The van der Waals surface area contributed by atoms with E-state index in [2.05, 4.69) is 17.4 Å². The molecule has 0 aliphatic carbocycles. The minimum Gasteiger partial charge on any atom is -0.467 e. The Morgan fingerprint density at radius 2 is 1.96 bits per heavy atom. The van der Waals surface area contributed by atoms with Crippen LogP contribution in [-0.2, 0) is 13.0 Å². The van der Waals surface area contributed by atoms with Gasteiger partial charge in [-0.15, -0.1) is 0 Å². The molecule has 3 rings (SSSR count). The molecule has 0 fully saturated rings. The Balaban J connectivity index is 1.66. The number of nitrogens with one attached hydrogen (secondary N) is 1. The minimum atomic E-state index is -0.551. The molecule has 24 heavy (non-hydrogen) atoms. The summed E-state index contributed by atoms with van der Waals surface area (Å²) in [6.45, 7) is 0.494. The van der Waals surface area contributed by atoms with Gasteiger partial charge >= 0.3 is 0 Å². The summed E-state index contributed by atoms with van der Waals surface area (Å²) in [5.74, 6) is 0.303. The highest BCUT2D eigenvalue weighted by Gasteiger charge is 2.19. The first-order chi connectivity index (χ1) is 11.8. The van der Waals surface area contributed by atoms with Gasteiger partial charge in [0.05, 0.1) is 12.9 Å². The summed E-state index contributed by atoms with van der Waals surface area (Å²) >= 11 is 0. The van der Waals surface area contributed by atoms with E-state index in [0.717, 1.165) is 6.42 Å². The number of amides is 1. The van der Waals surface area contributed by atoms with E-state index in [0.29, 0.717) is 18.0 Å². The third kappa shape index (κ3) is 3.75. The lowest BCUT2D eigenvalue weighted by Crippen LogP contribution is -2.32. The van der Waals surface area contributed by atoms with Crippen LogP contribution in [0.1, 0.15) is 27.9 Å². The molecule has 1 atom stereocenters. The summed E-state index contributed by atoms with van der Waals surface area (Å²) in [4.78, 5) is 12.5. The van der Waals surface area contributed by atoms with Gasteiger partial charge in [-0.1, -0.05) is 30.3 Å². The van der Waals surface area contributed by atoms with Crippen LogP contribution in [-0.4, -0.2) is 22.2 Å². The highest BCUT2D eigenvalue weighted by molar-refractivity contribution is 5.93. The molecular formula is C19H20N2O3. The van der Waals surface area contributed by atoms with Crippen LogP contribution in [0.2, 0.25) is 0 Å². The Labute approximate surface area is 140 Å². The van der Waals surface area contributed by atoms with Gasteiger partial charge < -0.3 is 19.4 Å². The lowest BCUT2D eigenvalue weighted by molar-refractivity contribution is 0.0898. The molecule has 2 heterocycles. The van der Waals surface area contributed by atoms with Crippen LogP contribution < -0.4 is 5.32 Å². The smallest absolute Gasteiger partial charge is 0.268 e. The maximum Gasteiger partial charge on any atom is 0.268 e. The van der Waals surface area contributed by atoms with Gasteiger partial charge in [0.2, 0.25) is 0 Å². The summed E-state index contributed by atoms with van der Waals surface area (Å²) in [5.41, 5.74) is 1.79. The number of carbonyl (C=O) groups is 1. The van der Waals surface area contributed by atoms with Crippen LogP contribution in [0.3, 0.4) is 0 Å². The van der Waals surface area contributed by atoms with Crippen LogP contribution in [0.15, 0.2) is 71.5 Å². The Kier molecular flexibility index (Phi) is 5.13. The van der Waals surface area contributed by atoms with E-state index >= 15 is 0 Å². The van der Waals surface area contributed by atoms with Crippen molar-refractivity contribution in [3.8, 4) is 0 Å². The fourth-order valence-corrected chi connectivity index (χ4v) is 2.64. The Morgan fingerprint density at radius 3 is 2.67 bits per heavy atom. The van der Waals surface area contributed by atoms with Crippen molar-refractivity contribution >= 4 is 5.91 Å². The van der Waals surface area contributed by atoms with Gasteiger partial charge in [0.15, 0.2) is 0 Å². The number of furan rings is 1. The second-order valence-electron chi connectivity index (χ2n) is 5.55. The predicted molar refractivity (Wildman–Crippen MR) is 90.6 cm³/mol. The zero-order valence-corrected chi connectivity index (χ0v) is 13.3. The zero-order valence-electron chi connectivity index (χ0n) is 13.3. The summed E-state index contributed by atoms with van der Waals surface area (Å²) in [6, 6.07) is 16.7. The molecule has 5 heteroatoms. The third-order valence-electron chi connectivity index (χ3n) is 3.92. The molecule has 124 valence electrons. The van der Waals surface area contributed by atoms with E-state index < -0.39 is 6.04 Å². The summed E-state index contributed by atoms with van der Waals surface area (Å²) in [6.07, 6.45) is 4.25. The molecule has 2 aromatic heterocycles. The maximum atomic E-state index is 12.5. The van der Waals surface area contributed by atoms with Crippen molar-refractivity contribution in [2.75, 3.05) is 6.61 Å². The fraction of sp³-hybridized carbons (Fsp3) is 0.211. The van der Waals surface area contributed by atoms with Gasteiger partial charge in [-0.3, -0.25) is 4.79 Å². The standard InChI is InChI=1S/C19H20N2O3/c22-14-16(18-9-5-13-24-18)20-19(23)17-8-4-11-21(17)12-10-15-6-2-1-3-7-15/h1-9,11,13,16,22H,10,12,14H2,(H,20,23). The highest BCUT2D eigenvalue weighted by Crippen LogP contribution is 2.14. The van der Waals surface area contributed by atoms with Crippen molar-refractivity contribution in [3.05, 3.63) is 84.1 Å². The number of hydrogen-bond acceptors (Lipinski definition) is 3. The molecule has 3 aromatic rings. The first kappa shape index (κ1) is 16.1. The number of carbonyl (C=O) groups excluding carboxylic acids is 1. The summed E-state index contributed by atoms with van der Waals surface area (Å²) in [7, 11) is 0. The van der Waals surface area contributed by atoms with Crippen LogP contribution in [0.5, 0.6) is 0 Å². The molecule has 0 aliphatic heterocycles. The highest BCUT2D eigenvalue weighted by atomic mass is 16.3.